The highest BCUT2D eigenvalue weighted by Gasteiger charge is 2.32. The monoisotopic (exact) mass is 364 g/mol. The van der Waals surface area contributed by atoms with Gasteiger partial charge in [-0.05, 0) is 68.3 Å². The van der Waals surface area contributed by atoms with Gasteiger partial charge in [0.1, 0.15) is 0 Å². The zero-order valence-electron chi connectivity index (χ0n) is 15.8. The summed E-state index contributed by atoms with van der Waals surface area (Å²) in [4.78, 5) is 15.4. The molecule has 2 aromatic rings. The van der Waals surface area contributed by atoms with Crippen molar-refractivity contribution in [2.75, 3.05) is 26.2 Å². The van der Waals surface area contributed by atoms with Crippen LogP contribution in [0.15, 0.2) is 24.3 Å². The van der Waals surface area contributed by atoms with Gasteiger partial charge >= 0.3 is 0 Å². The first-order chi connectivity index (χ1) is 13.3. The number of aromatic nitrogens is 2. The predicted octanol–water partition coefficient (Wildman–Crippen LogP) is 2.68. The molecule has 1 aliphatic carbocycles. The Hall–Kier alpha value is -2.14. The summed E-state index contributed by atoms with van der Waals surface area (Å²) in [6.07, 6.45) is 6.55. The van der Waals surface area contributed by atoms with Crippen molar-refractivity contribution in [3.63, 3.8) is 0 Å². The summed E-state index contributed by atoms with van der Waals surface area (Å²) < 4.78 is 0. The summed E-state index contributed by atoms with van der Waals surface area (Å²) in [7, 11) is 0. The molecule has 5 heteroatoms. The number of benzene rings is 1. The maximum Gasteiger partial charge on any atom is 0.254 e. The van der Waals surface area contributed by atoms with Crippen LogP contribution >= 0.6 is 0 Å². The fourth-order valence-corrected chi connectivity index (χ4v) is 4.68. The average Bonchev–Trinajstić information content (AvgIpc) is 3.33. The molecule has 1 saturated heterocycles. The number of rotatable bonds is 4. The van der Waals surface area contributed by atoms with Gasteiger partial charge in [0.15, 0.2) is 0 Å². The Kier molecular flexibility index (Phi) is 4.48. The molecule has 1 saturated carbocycles. The summed E-state index contributed by atoms with van der Waals surface area (Å²) >= 11 is 0. The zero-order valence-corrected chi connectivity index (χ0v) is 15.8. The maximum absolute atomic E-state index is 13.3. The van der Waals surface area contributed by atoms with Crippen LogP contribution in [0, 0.1) is 5.92 Å². The molecule has 3 aliphatic rings. The summed E-state index contributed by atoms with van der Waals surface area (Å²) in [5.41, 5.74) is 6.01. The van der Waals surface area contributed by atoms with E-state index in [2.05, 4.69) is 32.5 Å². The van der Waals surface area contributed by atoms with E-state index in [0.717, 1.165) is 51.0 Å². The van der Waals surface area contributed by atoms with Crippen LogP contribution in [0.5, 0.6) is 0 Å². The lowest BCUT2D eigenvalue weighted by molar-refractivity contribution is 0.0761. The SMILES string of the molecule is O=C(c1ccccc1CC1CCNC1)N1CCc2[nH]nc(C3CC3)c2CC1. The lowest BCUT2D eigenvalue weighted by Crippen LogP contribution is -2.34. The molecule has 1 aromatic carbocycles. The van der Waals surface area contributed by atoms with Crippen LogP contribution in [0.25, 0.3) is 0 Å². The van der Waals surface area contributed by atoms with Crippen molar-refractivity contribution in [3.05, 3.63) is 52.3 Å². The van der Waals surface area contributed by atoms with Crippen LogP contribution in [-0.4, -0.2) is 47.2 Å². The summed E-state index contributed by atoms with van der Waals surface area (Å²) in [5, 5.41) is 11.3. The molecule has 2 fully saturated rings. The van der Waals surface area contributed by atoms with Crippen molar-refractivity contribution in [1.82, 2.24) is 20.4 Å². The van der Waals surface area contributed by atoms with Gasteiger partial charge in [0, 0.05) is 36.7 Å². The number of hydrogen-bond acceptors (Lipinski definition) is 3. The Balaban J connectivity index is 1.32. The molecular weight excluding hydrogens is 336 g/mol. The van der Waals surface area contributed by atoms with Gasteiger partial charge in [-0.1, -0.05) is 18.2 Å². The predicted molar refractivity (Wildman–Crippen MR) is 105 cm³/mol. The lowest BCUT2D eigenvalue weighted by atomic mass is 9.94. The van der Waals surface area contributed by atoms with Gasteiger partial charge in [-0.15, -0.1) is 0 Å². The molecule has 5 rings (SSSR count). The number of carbonyl (C=O) groups is 1. The molecule has 0 spiro atoms. The molecule has 1 aromatic heterocycles. The minimum absolute atomic E-state index is 0.197. The third-order valence-electron chi connectivity index (χ3n) is 6.42. The Morgan fingerprint density at radius 3 is 2.81 bits per heavy atom. The highest BCUT2D eigenvalue weighted by Crippen LogP contribution is 2.41. The molecule has 2 aliphatic heterocycles. The van der Waals surface area contributed by atoms with Crippen LogP contribution in [0.4, 0.5) is 0 Å². The number of aromatic amines is 1. The Morgan fingerprint density at radius 2 is 2.00 bits per heavy atom. The molecule has 27 heavy (non-hydrogen) atoms. The molecule has 142 valence electrons. The van der Waals surface area contributed by atoms with Gasteiger partial charge in [0.25, 0.3) is 5.91 Å². The number of amides is 1. The number of nitrogens with zero attached hydrogens (tertiary/aromatic N) is 2. The summed E-state index contributed by atoms with van der Waals surface area (Å²) in [6, 6.07) is 8.22. The number of hydrogen-bond donors (Lipinski definition) is 2. The van der Waals surface area contributed by atoms with E-state index >= 15 is 0 Å². The van der Waals surface area contributed by atoms with Gasteiger partial charge in [-0.25, -0.2) is 0 Å². The van der Waals surface area contributed by atoms with E-state index in [-0.39, 0.29) is 5.91 Å². The first-order valence-corrected chi connectivity index (χ1v) is 10.4. The molecule has 1 atom stereocenters. The Labute approximate surface area is 160 Å². The number of carbonyl (C=O) groups excluding carboxylic acids is 1. The highest BCUT2D eigenvalue weighted by atomic mass is 16.2. The fraction of sp³-hybridized carbons (Fsp3) is 0.545. The molecule has 1 amide bonds. The second-order valence-corrected chi connectivity index (χ2v) is 8.35. The molecule has 3 heterocycles. The summed E-state index contributed by atoms with van der Waals surface area (Å²) in [6.45, 7) is 3.74. The highest BCUT2D eigenvalue weighted by molar-refractivity contribution is 5.95. The van der Waals surface area contributed by atoms with Gasteiger partial charge in [-0.3, -0.25) is 9.89 Å². The van der Waals surface area contributed by atoms with Crippen molar-refractivity contribution >= 4 is 5.91 Å². The van der Waals surface area contributed by atoms with Crippen molar-refractivity contribution in [3.8, 4) is 0 Å². The third kappa shape index (κ3) is 3.41. The number of H-pyrrole nitrogens is 1. The van der Waals surface area contributed by atoms with Crippen LogP contribution < -0.4 is 5.32 Å². The van der Waals surface area contributed by atoms with Crippen LogP contribution in [-0.2, 0) is 19.3 Å². The Morgan fingerprint density at radius 1 is 1.15 bits per heavy atom. The molecule has 2 N–H and O–H groups in total. The number of nitrogens with one attached hydrogen (secondary N) is 2. The van der Waals surface area contributed by atoms with E-state index in [1.807, 2.05) is 12.1 Å². The van der Waals surface area contributed by atoms with Crippen LogP contribution in [0.3, 0.4) is 0 Å². The van der Waals surface area contributed by atoms with Gasteiger partial charge in [0.05, 0.1) is 5.69 Å². The maximum atomic E-state index is 13.3. The van der Waals surface area contributed by atoms with Crippen molar-refractivity contribution in [1.29, 1.82) is 0 Å². The minimum atomic E-state index is 0.197. The molecule has 0 bridgehead atoms. The smallest absolute Gasteiger partial charge is 0.254 e. The van der Waals surface area contributed by atoms with Crippen LogP contribution in [0.1, 0.15) is 58.1 Å². The average molecular weight is 364 g/mol. The normalized spacial score (nSPS) is 22.5. The van der Waals surface area contributed by atoms with Crippen LogP contribution in [0.2, 0.25) is 0 Å². The van der Waals surface area contributed by atoms with Crippen molar-refractivity contribution in [2.45, 2.75) is 44.4 Å². The molecular formula is C22H28N4O. The minimum Gasteiger partial charge on any atom is -0.338 e. The van der Waals surface area contributed by atoms with E-state index in [1.54, 1.807) is 0 Å². The van der Waals surface area contributed by atoms with Gasteiger partial charge in [0.2, 0.25) is 0 Å². The largest absolute Gasteiger partial charge is 0.338 e. The topological polar surface area (TPSA) is 61.0 Å². The van der Waals surface area contributed by atoms with Crippen molar-refractivity contribution in [2.24, 2.45) is 5.92 Å². The standard InChI is InChI=1S/C22H28N4O/c27-22(18-4-2-1-3-17(18)13-15-7-10-23-14-15)26-11-8-19-20(9-12-26)24-25-21(19)16-5-6-16/h1-4,15-16,23H,5-14H2,(H,24,25). The fourth-order valence-electron chi connectivity index (χ4n) is 4.68. The lowest BCUT2D eigenvalue weighted by Gasteiger charge is -2.22. The van der Waals surface area contributed by atoms with Gasteiger partial charge < -0.3 is 10.2 Å². The first-order valence-electron chi connectivity index (χ1n) is 10.4. The number of fused-ring (bicyclic) bond motifs is 1. The summed E-state index contributed by atoms with van der Waals surface area (Å²) in [5.74, 6) is 1.51. The van der Waals surface area contributed by atoms with E-state index in [1.165, 1.54) is 41.8 Å². The van der Waals surface area contributed by atoms with Crippen molar-refractivity contribution < 1.29 is 4.79 Å². The van der Waals surface area contributed by atoms with Gasteiger partial charge in [-0.2, -0.15) is 5.10 Å². The zero-order chi connectivity index (χ0) is 18.2. The van der Waals surface area contributed by atoms with E-state index in [0.29, 0.717) is 11.8 Å². The van der Waals surface area contributed by atoms with E-state index < -0.39 is 0 Å². The third-order valence-corrected chi connectivity index (χ3v) is 6.42. The Bertz CT molecular complexity index is 833. The molecule has 0 radical (unpaired) electrons. The molecule has 5 nitrogen and oxygen atoms in total. The van der Waals surface area contributed by atoms with E-state index in [9.17, 15) is 4.79 Å². The first kappa shape index (κ1) is 17.0. The quantitative estimate of drug-likeness (QED) is 0.877. The second-order valence-electron chi connectivity index (χ2n) is 8.35. The van der Waals surface area contributed by atoms with E-state index in [4.69, 9.17) is 0 Å². The molecule has 1 unspecified atom stereocenters. The second kappa shape index (κ2) is 7.12.